The topological polar surface area (TPSA) is 134 Å². The van der Waals surface area contributed by atoms with Gasteiger partial charge in [-0.3, -0.25) is 20.0 Å². The van der Waals surface area contributed by atoms with Crippen molar-refractivity contribution in [1.82, 2.24) is 31.0 Å². The van der Waals surface area contributed by atoms with Gasteiger partial charge < -0.3 is 29.7 Å². The molecule has 4 rings (SSSR count). The molecule has 3 aromatic carbocycles. The van der Waals surface area contributed by atoms with Gasteiger partial charge in [0, 0.05) is 44.3 Å². The number of urea groups is 1. The number of fused-ring (bicyclic) bond motifs is 1. The standard InChI is InChI=1S/C44H58N6O6/c1-9-27-49(48-43(53)46-31(4)34-17-13-12-14-18-34)30-39(51)47-38(28-33-22-24-37(25-23-33)56-44(6,7)8)41(52)50(32(5)42(54-10-2)55-11-3)29-36-20-15-19-35-21-16-26-45-40(35)36/h9,12-26,31-32,38,42H,1,10-11,27-30H2,2-8H3,(H,47,51)(H2,46,48,53)/t31-,32?,38?/m1/s1. The molecule has 0 saturated carbocycles. The number of nitrogens with one attached hydrogen (secondary N) is 3. The van der Waals surface area contributed by atoms with Gasteiger partial charge in [-0.15, -0.1) is 6.58 Å². The molecule has 56 heavy (non-hydrogen) atoms. The maximum absolute atomic E-state index is 15.0. The minimum atomic E-state index is -1.01. The number of hydrazine groups is 1. The fourth-order valence-corrected chi connectivity index (χ4v) is 6.30. The molecule has 1 heterocycles. The Bertz CT molecular complexity index is 1850. The zero-order valence-electron chi connectivity index (χ0n) is 33.8. The van der Waals surface area contributed by atoms with Gasteiger partial charge in [-0.1, -0.05) is 72.8 Å². The monoisotopic (exact) mass is 766 g/mol. The molecule has 3 N–H and O–H groups in total. The summed E-state index contributed by atoms with van der Waals surface area (Å²) >= 11 is 0. The fraction of sp³-hybridized carbons (Fsp3) is 0.409. The molecule has 0 aliphatic heterocycles. The first-order valence-electron chi connectivity index (χ1n) is 19.2. The van der Waals surface area contributed by atoms with E-state index in [1.165, 1.54) is 5.01 Å². The maximum atomic E-state index is 15.0. The molecule has 3 atom stereocenters. The summed E-state index contributed by atoms with van der Waals surface area (Å²) in [6.07, 6.45) is 2.76. The summed E-state index contributed by atoms with van der Waals surface area (Å²) < 4.78 is 18.1. The van der Waals surface area contributed by atoms with Crippen molar-refractivity contribution in [3.63, 3.8) is 0 Å². The highest BCUT2D eigenvalue weighted by molar-refractivity contribution is 5.89. The summed E-state index contributed by atoms with van der Waals surface area (Å²) in [6.45, 7) is 18.1. The zero-order chi connectivity index (χ0) is 40.7. The van der Waals surface area contributed by atoms with Gasteiger partial charge in [-0.2, -0.15) is 0 Å². The number of aromatic nitrogens is 1. The molecule has 1 aromatic heterocycles. The van der Waals surface area contributed by atoms with Gasteiger partial charge >= 0.3 is 6.03 Å². The van der Waals surface area contributed by atoms with Crippen LogP contribution in [0.15, 0.2) is 104 Å². The molecule has 0 fully saturated rings. The number of hydrogen-bond donors (Lipinski definition) is 3. The molecule has 12 heteroatoms. The van der Waals surface area contributed by atoms with Crippen LogP contribution in [0.4, 0.5) is 4.79 Å². The molecule has 0 spiro atoms. The molecule has 0 aliphatic carbocycles. The van der Waals surface area contributed by atoms with Gasteiger partial charge in [0.25, 0.3) is 0 Å². The highest BCUT2D eigenvalue weighted by Crippen LogP contribution is 2.24. The van der Waals surface area contributed by atoms with Crippen molar-refractivity contribution in [3.8, 4) is 5.75 Å². The predicted molar refractivity (Wildman–Crippen MR) is 220 cm³/mol. The van der Waals surface area contributed by atoms with Crippen LogP contribution in [0.5, 0.6) is 5.75 Å². The lowest BCUT2D eigenvalue weighted by molar-refractivity contribution is -0.179. The lowest BCUT2D eigenvalue weighted by Gasteiger charge is -2.37. The van der Waals surface area contributed by atoms with E-state index < -0.39 is 30.3 Å². The minimum absolute atomic E-state index is 0.176. The molecule has 2 unspecified atom stereocenters. The third-order valence-electron chi connectivity index (χ3n) is 8.90. The fourth-order valence-electron chi connectivity index (χ4n) is 6.30. The lowest BCUT2D eigenvalue weighted by Crippen LogP contribution is -2.57. The molecule has 0 bridgehead atoms. The van der Waals surface area contributed by atoms with Crippen LogP contribution in [0.3, 0.4) is 0 Å². The van der Waals surface area contributed by atoms with E-state index in [1.54, 1.807) is 17.2 Å². The summed E-state index contributed by atoms with van der Waals surface area (Å²) in [7, 11) is 0. The molecular formula is C44H58N6O6. The maximum Gasteiger partial charge on any atom is 0.329 e. The molecular weight excluding hydrogens is 709 g/mol. The minimum Gasteiger partial charge on any atom is -0.488 e. The smallest absolute Gasteiger partial charge is 0.329 e. The summed E-state index contributed by atoms with van der Waals surface area (Å²) in [4.78, 5) is 48.3. The Kier molecular flexibility index (Phi) is 16.4. The molecule has 0 radical (unpaired) electrons. The van der Waals surface area contributed by atoms with E-state index in [2.05, 4.69) is 27.6 Å². The molecule has 0 saturated heterocycles. The largest absolute Gasteiger partial charge is 0.488 e. The van der Waals surface area contributed by atoms with Gasteiger partial charge in [0.1, 0.15) is 17.4 Å². The Morgan fingerprint density at radius 1 is 0.875 bits per heavy atom. The highest BCUT2D eigenvalue weighted by atomic mass is 16.7. The van der Waals surface area contributed by atoms with Crippen molar-refractivity contribution in [2.45, 2.75) is 91.4 Å². The van der Waals surface area contributed by atoms with Crippen molar-refractivity contribution in [2.75, 3.05) is 26.3 Å². The van der Waals surface area contributed by atoms with Crippen molar-refractivity contribution >= 4 is 28.7 Å². The Morgan fingerprint density at radius 3 is 2.20 bits per heavy atom. The lowest BCUT2D eigenvalue weighted by atomic mass is 10.0. The van der Waals surface area contributed by atoms with E-state index in [0.29, 0.717) is 19.0 Å². The highest BCUT2D eigenvalue weighted by Gasteiger charge is 2.34. The second-order valence-corrected chi connectivity index (χ2v) is 14.5. The summed E-state index contributed by atoms with van der Waals surface area (Å²) in [5.74, 6) is -0.120. The van der Waals surface area contributed by atoms with Crippen molar-refractivity contribution in [1.29, 1.82) is 0 Å². The van der Waals surface area contributed by atoms with Gasteiger partial charge in [-0.05, 0) is 83.4 Å². The van der Waals surface area contributed by atoms with E-state index in [0.717, 1.165) is 27.6 Å². The third kappa shape index (κ3) is 13.2. The number of rotatable bonds is 20. The normalized spacial score (nSPS) is 13.2. The van der Waals surface area contributed by atoms with E-state index >= 15 is 4.79 Å². The number of carbonyl (C=O) groups excluding carboxylic acids is 3. The first-order chi connectivity index (χ1) is 26.8. The van der Waals surface area contributed by atoms with Gasteiger partial charge in [0.2, 0.25) is 11.8 Å². The van der Waals surface area contributed by atoms with Crippen LogP contribution in [0.25, 0.3) is 10.9 Å². The number of amides is 4. The van der Waals surface area contributed by atoms with Gasteiger partial charge in [0.05, 0.1) is 24.1 Å². The molecule has 4 aromatic rings. The van der Waals surface area contributed by atoms with Crippen LogP contribution in [0.2, 0.25) is 0 Å². The van der Waals surface area contributed by atoms with Crippen LogP contribution < -0.4 is 20.8 Å². The Labute approximate surface area is 331 Å². The second-order valence-electron chi connectivity index (χ2n) is 14.5. The molecule has 4 amide bonds. The van der Waals surface area contributed by atoms with Crippen LogP contribution in [0.1, 0.15) is 71.2 Å². The van der Waals surface area contributed by atoms with E-state index in [-0.39, 0.29) is 43.6 Å². The number of nitrogens with zero attached hydrogens (tertiary/aromatic N) is 3. The number of benzene rings is 3. The Balaban J connectivity index is 1.64. The SMILES string of the molecule is C=CCN(CC(=O)NC(Cc1ccc(OC(C)(C)C)cc1)C(=O)N(Cc1cccc2cccnc12)C(C)C(OCC)OCC)NC(=O)N[C@H](C)c1ccccc1. The van der Waals surface area contributed by atoms with Crippen LogP contribution in [-0.4, -0.2) is 83.0 Å². The Morgan fingerprint density at radius 2 is 1.55 bits per heavy atom. The van der Waals surface area contributed by atoms with Gasteiger partial charge in [-0.25, -0.2) is 9.80 Å². The van der Waals surface area contributed by atoms with E-state index in [4.69, 9.17) is 14.2 Å². The quantitative estimate of drug-likeness (QED) is 0.0513. The van der Waals surface area contributed by atoms with Crippen molar-refractivity contribution in [2.24, 2.45) is 0 Å². The number of carbonyl (C=O) groups is 3. The summed E-state index contributed by atoms with van der Waals surface area (Å²) in [5.41, 5.74) is 5.72. The number of pyridine rings is 1. The zero-order valence-corrected chi connectivity index (χ0v) is 33.8. The molecule has 12 nitrogen and oxygen atoms in total. The van der Waals surface area contributed by atoms with Crippen molar-refractivity contribution in [3.05, 3.63) is 120 Å². The second kappa shape index (κ2) is 21.1. The molecule has 300 valence electrons. The number of hydrogen-bond acceptors (Lipinski definition) is 8. The third-order valence-corrected chi connectivity index (χ3v) is 8.90. The number of ether oxygens (including phenoxy) is 3. The van der Waals surface area contributed by atoms with Crippen molar-refractivity contribution < 1.29 is 28.6 Å². The van der Waals surface area contributed by atoms with Gasteiger partial charge in [0.15, 0.2) is 6.29 Å². The summed E-state index contributed by atoms with van der Waals surface area (Å²) in [5, 5.41) is 8.29. The predicted octanol–water partition coefficient (Wildman–Crippen LogP) is 6.72. The first kappa shape index (κ1) is 43.4. The first-order valence-corrected chi connectivity index (χ1v) is 19.2. The van der Waals surface area contributed by atoms with Crippen LogP contribution >= 0.6 is 0 Å². The average molecular weight is 767 g/mol. The molecule has 0 aliphatic rings. The van der Waals surface area contributed by atoms with Crippen LogP contribution in [0, 0.1) is 0 Å². The van der Waals surface area contributed by atoms with Crippen LogP contribution in [-0.2, 0) is 32.0 Å². The van der Waals surface area contributed by atoms with E-state index in [1.807, 2.05) is 133 Å². The summed E-state index contributed by atoms with van der Waals surface area (Å²) in [6, 6.07) is 24.5. The average Bonchev–Trinajstić information content (AvgIpc) is 3.16. The Hall–Kier alpha value is -5.30. The van der Waals surface area contributed by atoms with E-state index in [9.17, 15) is 9.59 Å². The number of para-hydroxylation sites is 1.